The molecule has 0 saturated carbocycles. The van der Waals surface area contributed by atoms with Gasteiger partial charge in [0.25, 0.3) is 0 Å². The summed E-state index contributed by atoms with van der Waals surface area (Å²) in [5, 5.41) is 5.00. The van der Waals surface area contributed by atoms with Crippen molar-refractivity contribution >= 4 is 71.6 Å². The lowest BCUT2D eigenvalue weighted by Crippen LogP contribution is -2.19. The third-order valence-corrected chi connectivity index (χ3v) is 13.6. The number of para-hydroxylation sites is 7. The molecule has 0 bridgehead atoms. The molecule has 0 N–H and O–H groups in total. The Bertz CT molecular complexity index is 4010. The molecule has 6 heteroatoms. The number of benzene rings is 8. The van der Waals surface area contributed by atoms with Crippen molar-refractivity contribution in [3.05, 3.63) is 205 Å². The molecule has 5 aromatic heterocycles. The molecule has 8 aromatic carbocycles. The van der Waals surface area contributed by atoms with Gasteiger partial charge in [-0.25, -0.2) is 4.98 Å². The molecule has 0 aliphatic heterocycles. The predicted octanol–water partition coefficient (Wildman–Crippen LogP) is 13.7. The van der Waals surface area contributed by atoms with Crippen molar-refractivity contribution < 1.29 is 0 Å². The first-order chi connectivity index (χ1) is 30.6. The highest BCUT2D eigenvalue weighted by molar-refractivity contribution is 6.22. The van der Waals surface area contributed by atoms with Crippen LogP contribution in [0.1, 0.15) is 25.1 Å². The van der Waals surface area contributed by atoms with Crippen LogP contribution in [0.15, 0.2) is 194 Å². The maximum absolute atomic E-state index is 5.21. The Kier molecular flexibility index (Phi) is 6.54. The summed E-state index contributed by atoms with van der Waals surface area (Å²) in [4.78, 5) is 5.21. The van der Waals surface area contributed by atoms with E-state index in [1.807, 2.05) is 0 Å². The van der Waals surface area contributed by atoms with E-state index in [1.54, 1.807) is 0 Å². The zero-order valence-corrected chi connectivity index (χ0v) is 34.2. The molecular weight excluding hydrogens is 757 g/mol. The maximum atomic E-state index is 5.21. The van der Waals surface area contributed by atoms with Crippen LogP contribution in [-0.4, -0.2) is 27.7 Å². The minimum atomic E-state index is -0.261. The van der Waals surface area contributed by atoms with Crippen molar-refractivity contribution in [2.75, 3.05) is 0 Å². The van der Waals surface area contributed by atoms with E-state index < -0.39 is 0 Å². The first kappa shape index (κ1) is 33.7. The van der Waals surface area contributed by atoms with E-state index in [1.165, 1.54) is 66.1 Å². The van der Waals surface area contributed by atoms with Gasteiger partial charge >= 0.3 is 0 Å². The highest BCUT2D eigenvalue weighted by Crippen LogP contribution is 2.54. The van der Waals surface area contributed by atoms with Gasteiger partial charge in [-0.1, -0.05) is 123 Å². The first-order valence-corrected chi connectivity index (χ1v) is 21.4. The van der Waals surface area contributed by atoms with Crippen LogP contribution in [0.3, 0.4) is 0 Å². The second kappa shape index (κ2) is 12.0. The van der Waals surface area contributed by atoms with Crippen molar-refractivity contribution in [2.24, 2.45) is 0 Å². The molecule has 0 fully saturated rings. The van der Waals surface area contributed by atoms with Crippen molar-refractivity contribution in [1.82, 2.24) is 27.7 Å². The van der Waals surface area contributed by atoms with Crippen molar-refractivity contribution in [1.29, 1.82) is 0 Å². The molecular formula is C56H38N6. The van der Waals surface area contributed by atoms with Gasteiger partial charge in [0, 0.05) is 55.3 Å². The normalized spacial score (nSPS) is 13.5. The van der Waals surface area contributed by atoms with Crippen LogP contribution in [0.5, 0.6) is 0 Å². The molecule has 0 spiro atoms. The number of fused-ring (bicyclic) bond motifs is 15. The van der Waals surface area contributed by atoms with Gasteiger partial charge in [-0.05, 0) is 96.1 Å². The highest BCUT2D eigenvalue weighted by Gasteiger charge is 2.41. The summed E-state index contributed by atoms with van der Waals surface area (Å²) in [6, 6.07) is 70.7. The molecule has 0 saturated heterocycles. The number of hydrogen-bond acceptors (Lipinski definition) is 1. The average Bonchev–Trinajstić information content (AvgIpc) is 4.14. The molecule has 0 amide bonds. The third-order valence-electron chi connectivity index (χ3n) is 13.6. The summed E-state index contributed by atoms with van der Waals surface area (Å²) in [6.45, 7) is 4.77. The zero-order valence-electron chi connectivity index (χ0n) is 34.2. The van der Waals surface area contributed by atoms with Gasteiger partial charge in [-0.3, -0.25) is 18.1 Å². The van der Waals surface area contributed by atoms with Crippen LogP contribution in [0.2, 0.25) is 0 Å². The van der Waals surface area contributed by atoms with Gasteiger partial charge in [0.05, 0.1) is 44.3 Å². The molecule has 0 unspecified atom stereocenters. The summed E-state index contributed by atoms with van der Waals surface area (Å²) in [5.41, 5.74) is 18.5. The van der Waals surface area contributed by atoms with E-state index in [4.69, 9.17) is 4.98 Å². The quantitative estimate of drug-likeness (QED) is 0.175. The van der Waals surface area contributed by atoms with Crippen molar-refractivity contribution in [3.8, 4) is 33.9 Å². The smallest absolute Gasteiger partial charge is 0.220 e. The third kappa shape index (κ3) is 4.25. The minimum Gasteiger partial charge on any atom is -0.312 e. The zero-order chi connectivity index (χ0) is 40.8. The van der Waals surface area contributed by atoms with Crippen LogP contribution in [-0.2, 0) is 5.41 Å². The van der Waals surface area contributed by atoms with Gasteiger partial charge in [0.2, 0.25) is 5.78 Å². The van der Waals surface area contributed by atoms with E-state index in [2.05, 4.69) is 231 Å². The molecule has 292 valence electrons. The number of hydrogen-bond donors (Lipinski definition) is 0. The molecule has 1 aliphatic rings. The molecule has 62 heavy (non-hydrogen) atoms. The molecule has 0 atom stereocenters. The molecule has 6 nitrogen and oxygen atoms in total. The van der Waals surface area contributed by atoms with Gasteiger partial charge in [-0.2, -0.15) is 0 Å². The summed E-state index contributed by atoms with van der Waals surface area (Å²) >= 11 is 0. The molecule has 13 aromatic rings. The van der Waals surface area contributed by atoms with Gasteiger partial charge < -0.3 is 4.57 Å². The summed E-state index contributed by atoms with van der Waals surface area (Å²) < 4.78 is 12.1. The van der Waals surface area contributed by atoms with Gasteiger partial charge in [0.15, 0.2) is 0 Å². The first-order valence-electron chi connectivity index (χ1n) is 21.4. The predicted molar refractivity (Wildman–Crippen MR) is 255 cm³/mol. The van der Waals surface area contributed by atoms with E-state index >= 15 is 0 Å². The number of rotatable bonds is 4. The lowest BCUT2D eigenvalue weighted by Gasteiger charge is -2.25. The molecule has 14 rings (SSSR count). The van der Waals surface area contributed by atoms with E-state index in [0.29, 0.717) is 0 Å². The fraction of sp³-hybridized carbons (Fsp3) is 0.0536. The van der Waals surface area contributed by atoms with E-state index in [0.717, 1.165) is 50.6 Å². The van der Waals surface area contributed by atoms with Crippen molar-refractivity contribution in [2.45, 2.75) is 19.3 Å². The Morgan fingerprint density at radius 2 is 0.968 bits per heavy atom. The Hall–Kier alpha value is -8.09. The summed E-state index contributed by atoms with van der Waals surface area (Å²) in [7, 11) is 0. The largest absolute Gasteiger partial charge is 0.312 e. The Balaban J connectivity index is 1.06. The average molecular weight is 795 g/mol. The van der Waals surface area contributed by atoms with Crippen molar-refractivity contribution in [3.63, 3.8) is 0 Å². The Morgan fingerprint density at radius 3 is 1.74 bits per heavy atom. The van der Waals surface area contributed by atoms with E-state index in [9.17, 15) is 0 Å². The monoisotopic (exact) mass is 794 g/mol. The molecule has 5 heterocycles. The Morgan fingerprint density at radius 1 is 0.403 bits per heavy atom. The highest BCUT2D eigenvalue weighted by atomic mass is 15.2. The standard InChI is InChI=1S/C56H38N6/c1-56(2)43-24-9-6-21-39(43)51-42-34-38(60-46-27-12-8-23-41(46)52-40-22-7-11-26-45(40)59(54(52)60)35-17-4-3-5-18-35)31-32-47(42)58(53(51)56)36-19-16-20-37(33-36)61-49-29-14-15-30-50(49)62-48-28-13-10-25-44(48)57-55(61)62/h3-34H,1-2H3. The SMILES string of the molecule is CC1(C)c2ccccc2-c2c1n(-c1cccc(-n3c4ccccc4n4c5ccccc5nc34)c1)c1ccc(-n3c4ccccc4c4c5ccccc5n(-c5ccccc5)c43)cc21. The van der Waals surface area contributed by atoms with E-state index in [-0.39, 0.29) is 5.41 Å². The topological polar surface area (TPSA) is 37.0 Å². The van der Waals surface area contributed by atoms with Crippen LogP contribution >= 0.6 is 0 Å². The fourth-order valence-corrected chi connectivity index (χ4v) is 11.1. The number of imidazole rings is 2. The van der Waals surface area contributed by atoms with Crippen LogP contribution in [0, 0.1) is 0 Å². The van der Waals surface area contributed by atoms with Crippen LogP contribution in [0.25, 0.3) is 105 Å². The number of aromatic nitrogens is 6. The fourth-order valence-electron chi connectivity index (χ4n) is 11.1. The maximum Gasteiger partial charge on any atom is 0.220 e. The molecule has 1 aliphatic carbocycles. The lowest BCUT2D eigenvalue weighted by molar-refractivity contribution is 0.623. The van der Waals surface area contributed by atoms with Gasteiger partial charge in [-0.15, -0.1) is 0 Å². The lowest BCUT2D eigenvalue weighted by atomic mass is 9.85. The summed E-state index contributed by atoms with van der Waals surface area (Å²) in [5.74, 6) is 0.905. The number of nitrogens with zero attached hydrogens (tertiary/aromatic N) is 6. The second-order valence-corrected chi connectivity index (χ2v) is 17.3. The summed E-state index contributed by atoms with van der Waals surface area (Å²) in [6.07, 6.45) is 0. The van der Waals surface area contributed by atoms with Crippen LogP contribution in [0.4, 0.5) is 0 Å². The molecule has 0 radical (unpaired) electrons. The minimum absolute atomic E-state index is 0.261. The van der Waals surface area contributed by atoms with Crippen LogP contribution < -0.4 is 0 Å². The Labute approximate surface area is 356 Å². The second-order valence-electron chi connectivity index (χ2n) is 17.3. The van der Waals surface area contributed by atoms with Gasteiger partial charge in [0.1, 0.15) is 5.65 Å².